The number of aromatic nitrogens is 4. The second-order valence-electron chi connectivity index (χ2n) is 9.19. The van der Waals surface area contributed by atoms with Gasteiger partial charge in [-0.3, -0.25) is 4.79 Å². The lowest BCUT2D eigenvalue weighted by molar-refractivity contribution is -0.120. The summed E-state index contributed by atoms with van der Waals surface area (Å²) in [5, 5.41) is 18.1. The maximum Gasteiger partial charge on any atom is 0.229 e. The van der Waals surface area contributed by atoms with Gasteiger partial charge in [0.1, 0.15) is 5.52 Å². The van der Waals surface area contributed by atoms with Gasteiger partial charge in [0, 0.05) is 18.8 Å². The summed E-state index contributed by atoms with van der Waals surface area (Å²) in [7, 11) is 0. The van der Waals surface area contributed by atoms with E-state index in [0.717, 1.165) is 64.4 Å². The number of benzene rings is 2. The van der Waals surface area contributed by atoms with E-state index >= 15 is 0 Å². The van der Waals surface area contributed by atoms with Crippen LogP contribution in [-0.4, -0.2) is 39.0 Å². The van der Waals surface area contributed by atoms with Crippen molar-refractivity contribution in [2.75, 3.05) is 23.3 Å². The van der Waals surface area contributed by atoms with Crippen LogP contribution in [0.1, 0.15) is 35.4 Å². The quantitative estimate of drug-likeness (QED) is 0.474. The Balaban J connectivity index is 1.45. The molecule has 1 N–H and O–H groups in total. The van der Waals surface area contributed by atoms with Crippen LogP contribution in [-0.2, 0) is 4.79 Å². The molecule has 174 valence electrons. The lowest BCUT2D eigenvalue weighted by Crippen LogP contribution is -2.41. The molecule has 1 aliphatic heterocycles. The standard InChI is InChI=1S/C27H30N6O/c1-17-10-8-14-23(18(17)2)28-27(34)21-11-9-15-32(16-21)26-25-24(19(3)29-30-26)20(4)33(31-25)22-12-6-5-7-13-22/h5-8,10,12-14,21H,9,11,15-16H2,1-4H3,(H,28,34). The number of anilines is 2. The summed E-state index contributed by atoms with van der Waals surface area (Å²) < 4.78 is 1.96. The Morgan fingerprint density at radius 1 is 1.00 bits per heavy atom. The van der Waals surface area contributed by atoms with Gasteiger partial charge in [-0.05, 0) is 69.9 Å². The fraction of sp³-hybridized carbons (Fsp3) is 0.333. The van der Waals surface area contributed by atoms with Gasteiger partial charge in [-0.15, -0.1) is 5.10 Å². The molecule has 0 radical (unpaired) electrons. The first-order chi connectivity index (χ1) is 16.4. The first-order valence-electron chi connectivity index (χ1n) is 11.8. The molecule has 0 bridgehead atoms. The number of para-hydroxylation sites is 1. The van der Waals surface area contributed by atoms with Crippen LogP contribution >= 0.6 is 0 Å². The van der Waals surface area contributed by atoms with E-state index in [4.69, 9.17) is 5.10 Å². The van der Waals surface area contributed by atoms with Crippen molar-refractivity contribution in [2.45, 2.75) is 40.5 Å². The number of piperidine rings is 1. The molecule has 4 aromatic rings. The molecule has 7 nitrogen and oxygen atoms in total. The fourth-order valence-corrected chi connectivity index (χ4v) is 4.85. The van der Waals surface area contributed by atoms with E-state index in [1.807, 2.05) is 61.0 Å². The minimum atomic E-state index is -0.121. The van der Waals surface area contributed by atoms with Gasteiger partial charge in [-0.2, -0.15) is 10.2 Å². The molecule has 1 aliphatic rings. The minimum absolute atomic E-state index is 0.0562. The molecule has 2 aromatic heterocycles. The Bertz CT molecular complexity index is 1360. The maximum absolute atomic E-state index is 13.2. The van der Waals surface area contributed by atoms with Crippen LogP contribution < -0.4 is 10.2 Å². The number of hydrogen-bond donors (Lipinski definition) is 1. The van der Waals surface area contributed by atoms with Crippen LogP contribution in [0.4, 0.5) is 11.5 Å². The monoisotopic (exact) mass is 454 g/mol. The van der Waals surface area contributed by atoms with Crippen molar-refractivity contribution in [2.24, 2.45) is 5.92 Å². The number of fused-ring (bicyclic) bond motifs is 1. The third-order valence-electron chi connectivity index (χ3n) is 6.94. The van der Waals surface area contributed by atoms with Crippen molar-refractivity contribution in [3.05, 3.63) is 71.0 Å². The van der Waals surface area contributed by atoms with Crippen molar-refractivity contribution in [3.63, 3.8) is 0 Å². The molecule has 0 spiro atoms. The number of rotatable bonds is 4. The highest BCUT2D eigenvalue weighted by atomic mass is 16.1. The predicted molar refractivity (Wildman–Crippen MR) is 136 cm³/mol. The van der Waals surface area contributed by atoms with Crippen molar-refractivity contribution in [1.82, 2.24) is 20.0 Å². The van der Waals surface area contributed by atoms with E-state index in [1.54, 1.807) is 0 Å². The Morgan fingerprint density at radius 2 is 1.79 bits per heavy atom. The number of amides is 1. The average Bonchev–Trinajstić information content (AvgIpc) is 3.21. The van der Waals surface area contributed by atoms with Gasteiger partial charge in [0.2, 0.25) is 5.91 Å². The maximum atomic E-state index is 13.2. The smallest absolute Gasteiger partial charge is 0.229 e. The average molecular weight is 455 g/mol. The molecule has 1 fully saturated rings. The van der Waals surface area contributed by atoms with Gasteiger partial charge in [0.25, 0.3) is 0 Å². The summed E-state index contributed by atoms with van der Waals surface area (Å²) in [5.41, 5.74) is 6.91. The lowest BCUT2D eigenvalue weighted by Gasteiger charge is -2.32. The molecule has 34 heavy (non-hydrogen) atoms. The third-order valence-corrected chi connectivity index (χ3v) is 6.94. The lowest BCUT2D eigenvalue weighted by atomic mass is 9.96. The Hall–Kier alpha value is -3.74. The second-order valence-corrected chi connectivity index (χ2v) is 9.19. The van der Waals surface area contributed by atoms with E-state index in [0.29, 0.717) is 6.54 Å². The molecule has 1 unspecified atom stereocenters. The highest BCUT2D eigenvalue weighted by Gasteiger charge is 2.29. The number of carbonyl (C=O) groups is 1. The molecule has 1 saturated heterocycles. The van der Waals surface area contributed by atoms with Crippen LogP contribution in [0, 0.1) is 33.6 Å². The summed E-state index contributed by atoms with van der Waals surface area (Å²) in [4.78, 5) is 15.3. The number of nitrogens with one attached hydrogen (secondary N) is 1. The molecule has 1 atom stereocenters. The van der Waals surface area contributed by atoms with Gasteiger partial charge < -0.3 is 10.2 Å². The zero-order valence-corrected chi connectivity index (χ0v) is 20.2. The number of carbonyl (C=O) groups excluding carboxylic acids is 1. The molecule has 5 rings (SSSR count). The first kappa shape index (κ1) is 22.1. The topological polar surface area (TPSA) is 75.9 Å². The fourth-order valence-electron chi connectivity index (χ4n) is 4.85. The molecule has 0 saturated carbocycles. The first-order valence-corrected chi connectivity index (χ1v) is 11.8. The number of nitrogens with zero attached hydrogens (tertiary/aromatic N) is 5. The van der Waals surface area contributed by atoms with E-state index in [9.17, 15) is 4.79 Å². The van der Waals surface area contributed by atoms with Crippen molar-refractivity contribution in [3.8, 4) is 5.69 Å². The van der Waals surface area contributed by atoms with Crippen LogP contribution in [0.3, 0.4) is 0 Å². The van der Waals surface area contributed by atoms with E-state index in [-0.39, 0.29) is 11.8 Å². The van der Waals surface area contributed by atoms with Gasteiger partial charge in [0.15, 0.2) is 5.82 Å². The molecular weight excluding hydrogens is 424 g/mol. The van der Waals surface area contributed by atoms with Crippen molar-refractivity contribution < 1.29 is 4.79 Å². The third kappa shape index (κ3) is 3.91. The summed E-state index contributed by atoms with van der Waals surface area (Å²) in [6, 6.07) is 16.1. The van der Waals surface area contributed by atoms with Gasteiger partial charge in [-0.25, -0.2) is 4.68 Å². The molecule has 3 heterocycles. The highest BCUT2D eigenvalue weighted by molar-refractivity contribution is 5.95. The minimum Gasteiger partial charge on any atom is -0.352 e. The van der Waals surface area contributed by atoms with E-state index in [1.165, 1.54) is 5.56 Å². The number of aryl methyl sites for hydroxylation is 3. The largest absolute Gasteiger partial charge is 0.352 e. The van der Waals surface area contributed by atoms with E-state index in [2.05, 4.69) is 40.3 Å². The molecular formula is C27H30N6O. The highest BCUT2D eigenvalue weighted by Crippen LogP contribution is 2.32. The van der Waals surface area contributed by atoms with E-state index < -0.39 is 0 Å². The van der Waals surface area contributed by atoms with Crippen LogP contribution in [0.5, 0.6) is 0 Å². The predicted octanol–water partition coefficient (Wildman–Crippen LogP) is 4.90. The Kier molecular flexibility index (Phi) is 5.77. The molecule has 7 heteroatoms. The van der Waals surface area contributed by atoms with Crippen molar-refractivity contribution >= 4 is 28.3 Å². The zero-order chi connectivity index (χ0) is 23.8. The Morgan fingerprint density at radius 3 is 2.59 bits per heavy atom. The normalized spacial score (nSPS) is 16.1. The summed E-state index contributed by atoms with van der Waals surface area (Å²) in [6.07, 6.45) is 1.77. The van der Waals surface area contributed by atoms with Crippen LogP contribution in [0.15, 0.2) is 48.5 Å². The zero-order valence-electron chi connectivity index (χ0n) is 20.2. The van der Waals surface area contributed by atoms with Gasteiger partial charge >= 0.3 is 0 Å². The second kappa shape index (κ2) is 8.89. The van der Waals surface area contributed by atoms with Gasteiger partial charge in [0.05, 0.1) is 28.4 Å². The SMILES string of the molecule is Cc1cccc(NC(=O)C2CCCN(c3nnc(C)c4c(C)n(-c5ccccc5)nc34)C2)c1C. The van der Waals surface area contributed by atoms with Crippen molar-refractivity contribution in [1.29, 1.82) is 0 Å². The number of hydrogen-bond acceptors (Lipinski definition) is 5. The summed E-state index contributed by atoms with van der Waals surface area (Å²) in [5.74, 6) is 0.687. The van der Waals surface area contributed by atoms with Gasteiger partial charge in [-0.1, -0.05) is 30.3 Å². The molecule has 0 aliphatic carbocycles. The van der Waals surface area contributed by atoms with Crippen LogP contribution in [0.25, 0.3) is 16.6 Å². The Labute approximate surface area is 199 Å². The summed E-state index contributed by atoms with van der Waals surface area (Å²) >= 11 is 0. The molecule has 2 aromatic carbocycles. The van der Waals surface area contributed by atoms with Crippen LogP contribution in [0.2, 0.25) is 0 Å². The summed E-state index contributed by atoms with van der Waals surface area (Å²) in [6.45, 7) is 9.57. The molecule has 1 amide bonds.